The maximum Gasteiger partial charge on any atom is 0.254 e. The molecule has 1 unspecified atom stereocenters. The summed E-state index contributed by atoms with van der Waals surface area (Å²) in [7, 11) is 0. The average Bonchev–Trinajstić information content (AvgIpc) is 2.68. The second-order valence-corrected chi connectivity index (χ2v) is 7.55. The van der Waals surface area contributed by atoms with Crippen LogP contribution in [0.3, 0.4) is 0 Å². The van der Waals surface area contributed by atoms with Crippen molar-refractivity contribution in [1.82, 2.24) is 4.90 Å². The first-order valence-electron chi connectivity index (χ1n) is 8.77. The molecule has 1 atom stereocenters. The summed E-state index contributed by atoms with van der Waals surface area (Å²) < 4.78 is 0. The lowest BCUT2D eigenvalue weighted by Crippen LogP contribution is -2.40. The Labute approximate surface area is 154 Å². The van der Waals surface area contributed by atoms with Crippen LogP contribution in [0.15, 0.2) is 53.4 Å². The number of carbonyl (C=O) groups is 1. The highest BCUT2D eigenvalue weighted by molar-refractivity contribution is 7.98. The fraction of sp³-hybridized carbons (Fsp3) is 0.381. The van der Waals surface area contributed by atoms with E-state index < -0.39 is 6.10 Å². The van der Waals surface area contributed by atoms with Gasteiger partial charge in [-0.3, -0.25) is 4.79 Å². The standard InChI is InChI=1S/C21H25NO2S/c1-15-8-9-18(25-2)14-19(15)21(24)22-12-10-17(11-13-22)20(23)16-6-4-3-5-7-16/h3-9,14,17,20,23H,10-13H2,1-2H3. The van der Waals surface area contributed by atoms with Gasteiger partial charge in [0.05, 0.1) is 6.10 Å². The van der Waals surface area contributed by atoms with Gasteiger partial charge in [0.2, 0.25) is 0 Å². The quantitative estimate of drug-likeness (QED) is 0.831. The molecule has 1 fully saturated rings. The molecule has 0 aliphatic carbocycles. The van der Waals surface area contributed by atoms with Crippen LogP contribution >= 0.6 is 11.8 Å². The van der Waals surface area contributed by atoms with Gasteiger partial charge in [0.25, 0.3) is 5.91 Å². The molecule has 0 bridgehead atoms. The van der Waals surface area contributed by atoms with Crippen molar-refractivity contribution in [3.8, 4) is 0 Å². The summed E-state index contributed by atoms with van der Waals surface area (Å²) in [6, 6.07) is 15.9. The van der Waals surface area contributed by atoms with Crippen LogP contribution < -0.4 is 0 Å². The van der Waals surface area contributed by atoms with Crippen LogP contribution in [-0.2, 0) is 0 Å². The van der Waals surface area contributed by atoms with Crippen LogP contribution in [0.4, 0.5) is 0 Å². The predicted octanol–water partition coefficient (Wildman–Crippen LogP) is 4.30. The van der Waals surface area contributed by atoms with Gasteiger partial charge < -0.3 is 10.0 Å². The van der Waals surface area contributed by atoms with E-state index in [1.807, 2.05) is 60.5 Å². The largest absolute Gasteiger partial charge is 0.388 e. The van der Waals surface area contributed by atoms with E-state index in [1.165, 1.54) is 0 Å². The van der Waals surface area contributed by atoms with Crippen LogP contribution in [0.1, 0.15) is 40.4 Å². The van der Waals surface area contributed by atoms with Gasteiger partial charge in [-0.15, -0.1) is 11.8 Å². The third-order valence-corrected chi connectivity index (χ3v) is 5.81. The summed E-state index contributed by atoms with van der Waals surface area (Å²) in [4.78, 5) is 15.9. The molecular weight excluding hydrogens is 330 g/mol. The number of carbonyl (C=O) groups excluding carboxylic acids is 1. The monoisotopic (exact) mass is 355 g/mol. The Morgan fingerprint density at radius 2 is 1.84 bits per heavy atom. The SMILES string of the molecule is CSc1ccc(C)c(C(=O)N2CCC(C(O)c3ccccc3)CC2)c1. The minimum Gasteiger partial charge on any atom is -0.388 e. The molecule has 1 amide bonds. The van der Waals surface area contributed by atoms with Gasteiger partial charge in [-0.2, -0.15) is 0 Å². The molecular formula is C21H25NO2S. The first-order valence-corrected chi connectivity index (χ1v) is 9.99. The molecule has 3 rings (SSSR count). The summed E-state index contributed by atoms with van der Waals surface area (Å²) in [5.74, 6) is 0.325. The van der Waals surface area contributed by atoms with Gasteiger partial charge in [-0.05, 0) is 55.2 Å². The van der Waals surface area contributed by atoms with Crippen molar-refractivity contribution in [1.29, 1.82) is 0 Å². The Morgan fingerprint density at radius 1 is 1.16 bits per heavy atom. The van der Waals surface area contributed by atoms with Crippen molar-refractivity contribution in [2.45, 2.75) is 30.8 Å². The zero-order chi connectivity index (χ0) is 17.8. The maximum absolute atomic E-state index is 12.9. The number of piperidine rings is 1. The number of thioether (sulfide) groups is 1. The average molecular weight is 356 g/mol. The van der Waals surface area contributed by atoms with Crippen molar-refractivity contribution >= 4 is 17.7 Å². The highest BCUT2D eigenvalue weighted by Gasteiger charge is 2.29. The van der Waals surface area contributed by atoms with Crippen molar-refractivity contribution in [2.75, 3.05) is 19.3 Å². The molecule has 25 heavy (non-hydrogen) atoms. The number of aliphatic hydroxyl groups is 1. The summed E-state index contributed by atoms with van der Waals surface area (Å²) in [6.07, 6.45) is 3.25. The lowest BCUT2D eigenvalue weighted by Gasteiger charge is -2.34. The van der Waals surface area contributed by atoms with E-state index in [9.17, 15) is 9.90 Å². The number of hydrogen-bond acceptors (Lipinski definition) is 3. The summed E-state index contributed by atoms with van der Waals surface area (Å²) in [5.41, 5.74) is 2.79. The molecule has 0 saturated carbocycles. The number of nitrogens with zero attached hydrogens (tertiary/aromatic N) is 1. The first kappa shape index (κ1) is 18.0. The molecule has 3 nitrogen and oxygen atoms in total. The molecule has 1 heterocycles. The van der Waals surface area contributed by atoms with Gasteiger partial charge in [-0.25, -0.2) is 0 Å². The number of rotatable bonds is 4. The van der Waals surface area contributed by atoms with E-state index in [2.05, 4.69) is 6.07 Å². The second kappa shape index (κ2) is 8.07. The fourth-order valence-electron chi connectivity index (χ4n) is 3.47. The van der Waals surface area contributed by atoms with Gasteiger partial charge >= 0.3 is 0 Å². The normalized spacial score (nSPS) is 16.7. The Balaban J connectivity index is 1.65. The highest BCUT2D eigenvalue weighted by Crippen LogP contribution is 2.31. The van der Waals surface area contributed by atoms with Gasteiger partial charge in [-0.1, -0.05) is 36.4 Å². The molecule has 2 aromatic carbocycles. The molecule has 0 aromatic heterocycles. The molecule has 1 saturated heterocycles. The first-order chi connectivity index (χ1) is 12.1. The van der Waals surface area contributed by atoms with Crippen molar-refractivity contribution in [3.05, 3.63) is 65.2 Å². The Kier molecular flexibility index (Phi) is 5.82. The van der Waals surface area contributed by atoms with Crippen LogP contribution in [0.2, 0.25) is 0 Å². The van der Waals surface area contributed by atoms with Crippen molar-refractivity contribution in [2.24, 2.45) is 5.92 Å². The Bertz CT molecular complexity index is 724. The summed E-state index contributed by atoms with van der Waals surface area (Å²) in [6.45, 7) is 3.40. The Morgan fingerprint density at radius 3 is 2.48 bits per heavy atom. The molecule has 4 heteroatoms. The number of amides is 1. The van der Waals surface area contributed by atoms with Gasteiger partial charge in [0, 0.05) is 23.5 Å². The zero-order valence-electron chi connectivity index (χ0n) is 14.8. The molecule has 1 N–H and O–H groups in total. The smallest absolute Gasteiger partial charge is 0.254 e. The minimum absolute atomic E-state index is 0.112. The molecule has 1 aliphatic rings. The van der Waals surface area contributed by atoms with Gasteiger partial charge in [0.1, 0.15) is 0 Å². The lowest BCUT2D eigenvalue weighted by molar-refractivity contribution is 0.0461. The van der Waals surface area contributed by atoms with Crippen LogP contribution in [0, 0.1) is 12.8 Å². The predicted molar refractivity (Wildman–Crippen MR) is 103 cm³/mol. The zero-order valence-corrected chi connectivity index (χ0v) is 15.6. The number of aryl methyl sites for hydroxylation is 1. The van der Waals surface area contributed by atoms with Crippen molar-refractivity contribution < 1.29 is 9.90 Å². The molecule has 0 radical (unpaired) electrons. The number of hydrogen-bond donors (Lipinski definition) is 1. The van der Waals surface area contributed by atoms with E-state index >= 15 is 0 Å². The Hall–Kier alpha value is -1.78. The van der Waals surface area contributed by atoms with E-state index in [1.54, 1.807) is 11.8 Å². The van der Waals surface area contributed by atoms with Crippen LogP contribution in [0.5, 0.6) is 0 Å². The van der Waals surface area contributed by atoms with Gasteiger partial charge in [0.15, 0.2) is 0 Å². The molecule has 0 spiro atoms. The third kappa shape index (κ3) is 4.07. The molecule has 132 valence electrons. The number of benzene rings is 2. The fourth-order valence-corrected chi connectivity index (χ4v) is 3.91. The van der Waals surface area contributed by atoms with Crippen LogP contribution in [-0.4, -0.2) is 35.3 Å². The van der Waals surface area contributed by atoms with E-state index in [0.717, 1.165) is 34.4 Å². The highest BCUT2D eigenvalue weighted by atomic mass is 32.2. The lowest BCUT2D eigenvalue weighted by atomic mass is 9.87. The molecule has 1 aliphatic heterocycles. The summed E-state index contributed by atoms with van der Waals surface area (Å²) >= 11 is 1.65. The second-order valence-electron chi connectivity index (χ2n) is 6.67. The summed E-state index contributed by atoms with van der Waals surface area (Å²) in [5, 5.41) is 10.6. The minimum atomic E-state index is -0.444. The third-order valence-electron chi connectivity index (χ3n) is 5.09. The number of likely N-dealkylation sites (tertiary alicyclic amines) is 1. The molecule has 2 aromatic rings. The van der Waals surface area contributed by atoms with Crippen LogP contribution in [0.25, 0.3) is 0 Å². The van der Waals surface area contributed by atoms with E-state index in [-0.39, 0.29) is 11.8 Å². The van der Waals surface area contributed by atoms with E-state index in [4.69, 9.17) is 0 Å². The topological polar surface area (TPSA) is 40.5 Å². The maximum atomic E-state index is 12.9. The van der Waals surface area contributed by atoms with Crippen molar-refractivity contribution in [3.63, 3.8) is 0 Å². The number of aliphatic hydroxyl groups excluding tert-OH is 1. The van der Waals surface area contributed by atoms with E-state index in [0.29, 0.717) is 13.1 Å².